The Kier molecular flexibility index (Phi) is 5.62. The van der Waals surface area contributed by atoms with Gasteiger partial charge in [0.25, 0.3) is 11.8 Å². The van der Waals surface area contributed by atoms with E-state index in [9.17, 15) is 9.59 Å². The van der Waals surface area contributed by atoms with Gasteiger partial charge in [0, 0.05) is 35.3 Å². The number of H-pyrrole nitrogens is 1. The highest BCUT2D eigenvalue weighted by Crippen LogP contribution is 2.25. The Labute approximate surface area is 173 Å². The average Bonchev–Trinajstić information content (AvgIpc) is 3.25. The molecule has 0 saturated carbocycles. The lowest BCUT2D eigenvalue weighted by molar-refractivity contribution is 0.0699. The van der Waals surface area contributed by atoms with E-state index in [-0.39, 0.29) is 17.9 Å². The van der Waals surface area contributed by atoms with Gasteiger partial charge >= 0.3 is 0 Å². The van der Waals surface area contributed by atoms with Gasteiger partial charge in [-0.25, -0.2) is 0 Å². The largest absolute Gasteiger partial charge is 0.349 e. The minimum atomic E-state index is -0.0739. The molecule has 2 heterocycles. The van der Waals surface area contributed by atoms with E-state index >= 15 is 0 Å². The molecule has 0 aliphatic carbocycles. The molecule has 29 heavy (non-hydrogen) atoms. The van der Waals surface area contributed by atoms with E-state index in [4.69, 9.17) is 11.6 Å². The number of piperidine rings is 1. The normalized spacial score (nSPS) is 14.6. The number of carbonyl (C=O) groups is 2. The van der Waals surface area contributed by atoms with Gasteiger partial charge in [-0.3, -0.25) is 14.7 Å². The molecule has 6 nitrogen and oxygen atoms in total. The first-order valence-electron chi connectivity index (χ1n) is 9.56. The number of aromatic amines is 1. The lowest BCUT2D eigenvalue weighted by atomic mass is 10.0. The number of aromatic nitrogens is 2. The molecule has 7 heteroatoms. The molecule has 3 aromatic rings. The molecule has 0 spiro atoms. The van der Waals surface area contributed by atoms with E-state index < -0.39 is 0 Å². The van der Waals surface area contributed by atoms with Crippen LogP contribution in [0.5, 0.6) is 0 Å². The van der Waals surface area contributed by atoms with Gasteiger partial charge in [0.15, 0.2) is 0 Å². The monoisotopic (exact) mass is 408 g/mol. The van der Waals surface area contributed by atoms with Crippen molar-refractivity contribution in [3.63, 3.8) is 0 Å². The molecule has 1 fully saturated rings. The predicted molar refractivity (Wildman–Crippen MR) is 112 cm³/mol. The van der Waals surface area contributed by atoms with Gasteiger partial charge in [0.2, 0.25) is 0 Å². The van der Waals surface area contributed by atoms with Gasteiger partial charge in [0.1, 0.15) is 0 Å². The minimum absolute atomic E-state index is 0.0588. The maximum atomic E-state index is 13.0. The second-order valence-electron chi connectivity index (χ2n) is 7.07. The van der Waals surface area contributed by atoms with Crippen LogP contribution in [0, 0.1) is 0 Å². The summed E-state index contributed by atoms with van der Waals surface area (Å²) in [5.74, 6) is -0.133. The van der Waals surface area contributed by atoms with Crippen LogP contribution in [-0.4, -0.2) is 46.0 Å². The van der Waals surface area contributed by atoms with Gasteiger partial charge in [-0.2, -0.15) is 5.10 Å². The van der Waals surface area contributed by atoms with Crippen molar-refractivity contribution in [2.45, 2.75) is 18.9 Å². The fourth-order valence-electron chi connectivity index (χ4n) is 3.54. The number of nitrogens with zero attached hydrogens (tertiary/aromatic N) is 2. The summed E-state index contributed by atoms with van der Waals surface area (Å²) in [6, 6.07) is 16.5. The quantitative estimate of drug-likeness (QED) is 0.689. The first-order valence-corrected chi connectivity index (χ1v) is 9.94. The van der Waals surface area contributed by atoms with E-state index in [0.29, 0.717) is 34.9 Å². The molecule has 2 amide bonds. The number of rotatable bonds is 4. The third kappa shape index (κ3) is 4.32. The summed E-state index contributed by atoms with van der Waals surface area (Å²) in [5.41, 5.74) is 2.74. The summed E-state index contributed by atoms with van der Waals surface area (Å²) in [7, 11) is 0. The fraction of sp³-hybridized carbons (Fsp3) is 0.227. The number of amides is 2. The van der Waals surface area contributed by atoms with Gasteiger partial charge in [-0.1, -0.05) is 41.9 Å². The zero-order valence-electron chi connectivity index (χ0n) is 15.8. The topological polar surface area (TPSA) is 78.1 Å². The van der Waals surface area contributed by atoms with E-state index in [1.165, 1.54) is 0 Å². The fourth-order valence-corrected chi connectivity index (χ4v) is 3.67. The second kappa shape index (κ2) is 8.49. The maximum absolute atomic E-state index is 13.0. The summed E-state index contributed by atoms with van der Waals surface area (Å²) in [6.07, 6.45) is 3.01. The van der Waals surface area contributed by atoms with Gasteiger partial charge < -0.3 is 10.2 Å². The zero-order valence-corrected chi connectivity index (χ0v) is 16.5. The van der Waals surface area contributed by atoms with Crippen LogP contribution in [0.1, 0.15) is 33.6 Å². The molecule has 0 unspecified atom stereocenters. The van der Waals surface area contributed by atoms with Crippen molar-refractivity contribution in [3.8, 4) is 11.3 Å². The first-order chi connectivity index (χ1) is 14.1. The lowest BCUT2D eigenvalue weighted by Gasteiger charge is -2.32. The van der Waals surface area contributed by atoms with Crippen LogP contribution in [0.4, 0.5) is 0 Å². The number of halogens is 1. The van der Waals surface area contributed by atoms with E-state index in [1.54, 1.807) is 30.5 Å². The number of likely N-dealkylation sites (tertiary alicyclic amines) is 1. The summed E-state index contributed by atoms with van der Waals surface area (Å²) in [4.78, 5) is 27.2. The summed E-state index contributed by atoms with van der Waals surface area (Å²) < 4.78 is 0. The smallest absolute Gasteiger partial charge is 0.257 e. The lowest BCUT2D eigenvalue weighted by Crippen LogP contribution is -2.46. The molecule has 1 aliphatic heterocycles. The molecule has 1 aromatic heterocycles. The summed E-state index contributed by atoms with van der Waals surface area (Å²) in [6.45, 7) is 1.17. The summed E-state index contributed by atoms with van der Waals surface area (Å²) in [5, 5.41) is 10.7. The van der Waals surface area contributed by atoms with Crippen LogP contribution in [-0.2, 0) is 0 Å². The Morgan fingerprint density at radius 2 is 1.72 bits per heavy atom. The zero-order chi connectivity index (χ0) is 20.2. The molecule has 148 valence electrons. The predicted octanol–water partition coefficient (Wildman–Crippen LogP) is 3.76. The third-order valence-electron chi connectivity index (χ3n) is 5.16. The Hall–Kier alpha value is -3.12. The van der Waals surface area contributed by atoms with Crippen molar-refractivity contribution in [1.82, 2.24) is 20.4 Å². The van der Waals surface area contributed by atoms with Gasteiger partial charge in [-0.15, -0.1) is 0 Å². The SMILES string of the molecule is O=C(NC1CCN(C(=O)c2cn[nH]c2-c2ccc(Cl)cc2)CC1)c1ccccc1. The van der Waals surface area contributed by atoms with Crippen LogP contribution in [0.25, 0.3) is 11.3 Å². The number of carbonyl (C=O) groups excluding carboxylic acids is 2. The van der Waals surface area contributed by atoms with Crippen LogP contribution in [0.3, 0.4) is 0 Å². The van der Waals surface area contributed by atoms with Crippen molar-refractivity contribution < 1.29 is 9.59 Å². The molecule has 1 aliphatic rings. The Bertz CT molecular complexity index is 993. The molecule has 1 saturated heterocycles. The first kappa shape index (κ1) is 19.2. The minimum Gasteiger partial charge on any atom is -0.349 e. The van der Waals surface area contributed by atoms with Crippen molar-refractivity contribution in [2.75, 3.05) is 13.1 Å². The van der Waals surface area contributed by atoms with Gasteiger partial charge in [0.05, 0.1) is 17.5 Å². The number of nitrogens with one attached hydrogen (secondary N) is 2. The van der Waals surface area contributed by atoms with Gasteiger partial charge in [-0.05, 0) is 37.1 Å². The number of hydrogen-bond donors (Lipinski definition) is 2. The van der Waals surface area contributed by atoms with Crippen LogP contribution in [0.2, 0.25) is 5.02 Å². The molecular formula is C22H21ClN4O2. The standard InChI is InChI=1S/C22H21ClN4O2/c23-17-8-6-15(7-9-17)20-19(14-24-26-20)22(29)27-12-10-18(11-13-27)25-21(28)16-4-2-1-3-5-16/h1-9,14,18H,10-13H2,(H,24,26)(H,25,28). The molecule has 0 radical (unpaired) electrons. The second-order valence-corrected chi connectivity index (χ2v) is 7.51. The van der Waals surface area contributed by atoms with Crippen LogP contribution < -0.4 is 5.32 Å². The molecule has 0 bridgehead atoms. The van der Waals surface area contributed by atoms with Crippen molar-refractivity contribution in [1.29, 1.82) is 0 Å². The van der Waals surface area contributed by atoms with Crippen LogP contribution >= 0.6 is 11.6 Å². The molecule has 2 aromatic carbocycles. The third-order valence-corrected chi connectivity index (χ3v) is 5.41. The molecular weight excluding hydrogens is 388 g/mol. The molecule has 0 atom stereocenters. The maximum Gasteiger partial charge on any atom is 0.257 e. The summed E-state index contributed by atoms with van der Waals surface area (Å²) >= 11 is 5.95. The molecule has 2 N–H and O–H groups in total. The van der Waals surface area contributed by atoms with Crippen molar-refractivity contribution in [3.05, 3.63) is 76.9 Å². The Morgan fingerprint density at radius 1 is 1.03 bits per heavy atom. The van der Waals surface area contributed by atoms with E-state index in [2.05, 4.69) is 15.5 Å². The Balaban J connectivity index is 1.38. The average molecular weight is 409 g/mol. The number of hydrogen-bond acceptors (Lipinski definition) is 3. The van der Waals surface area contributed by atoms with E-state index in [1.807, 2.05) is 35.2 Å². The Morgan fingerprint density at radius 3 is 2.41 bits per heavy atom. The molecule has 4 rings (SSSR count). The highest BCUT2D eigenvalue weighted by Gasteiger charge is 2.27. The van der Waals surface area contributed by atoms with Crippen LogP contribution in [0.15, 0.2) is 60.8 Å². The van der Waals surface area contributed by atoms with E-state index in [0.717, 1.165) is 18.4 Å². The highest BCUT2D eigenvalue weighted by molar-refractivity contribution is 6.30. The highest BCUT2D eigenvalue weighted by atomic mass is 35.5. The van der Waals surface area contributed by atoms with Crippen molar-refractivity contribution >= 4 is 23.4 Å². The number of benzene rings is 2. The van der Waals surface area contributed by atoms with Crippen molar-refractivity contribution in [2.24, 2.45) is 0 Å².